The summed E-state index contributed by atoms with van der Waals surface area (Å²) in [6, 6.07) is 14.4. The van der Waals surface area contributed by atoms with Gasteiger partial charge in [0.1, 0.15) is 12.6 Å². The molecule has 0 bridgehead atoms. The van der Waals surface area contributed by atoms with Gasteiger partial charge in [0.2, 0.25) is 21.8 Å². The van der Waals surface area contributed by atoms with Crippen LogP contribution in [-0.2, 0) is 32.6 Å². The first-order valence-electron chi connectivity index (χ1n) is 12.8. The molecule has 1 N–H and O–H groups in total. The van der Waals surface area contributed by atoms with Gasteiger partial charge in [-0.3, -0.25) is 13.9 Å². The Morgan fingerprint density at radius 3 is 2.22 bits per heavy atom. The minimum Gasteiger partial charge on any atom is -0.352 e. The van der Waals surface area contributed by atoms with Crippen molar-refractivity contribution in [1.29, 1.82) is 0 Å². The number of sulfonamides is 1. The topological polar surface area (TPSA) is 86.8 Å². The number of nitrogens with one attached hydrogen (secondary N) is 1. The molecule has 36 heavy (non-hydrogen) atoms. The molecule has 0 aliphatic heterocycles. The summed E-state index contributed by atoms with van der Waals surface area (Å²) in [6.07, 6.45) is 6.44. The first-order valence-corrected chi connectivity index (χ1v) is 14.7. The number of hydrogen-bond donors (Lipinski definition) is 1. The summed E-state index contributed by atoms with van der Waals surface area (Å²) in [4.78, 5) is 28.7. The van der Waals surface area contributed by atoms with Gasteiger partial charge in [0.25, 0.3) is 0 Å². The molecule has 0 heterocycles. The summed E-state index contributed by atoms with van der Waals surface area (Å²) < 4.78 is 26.6. The fraction of sp³-hybridized carbons (Fsp3) is 0.500. The predicted octanol–water partition coefficient (Wildman–Crippen LogP) is 4.19. The zero-order chi connectivity index (χ0) is 26.3. The minimum absolute atomic E-state index is 0.131. The molecule has 2 aromatic carbocycles. The summed E-state index contributed by atoms with van der Waals surface area (Å²) >= 11 is 0. The van der Waals surface area contributed by atoms with Crippen molar-refractivity contribution >= 4 is 27.5 Å². The van der Waals surface area contributed by atoms with Crippen LogP contribution in [0.15, 0.2) is 48.5 Å². The molecule has 0 aromatic heterocycles. The molecule has 2 aromatic rings. The van der Waals surface area contributed by atoms with E-state index in [1.165, 1.54) is 0 Å². The molecule has 0 spiro atoms. The highest BCUT2D eigenvalue weighted by Crippen LogP contribution is 2.22. The Hall–Kier alpha value is -2.87. The Morgan fingerprint density at radius 2 is 1.67 bits per heavy atom. The Balaban J connectivity index is 1.92. The largest absolute Gasteiger partial charge is 0.352 e. The van der Waals surface area contributed by atoms with E-state index in [1.54, 1.807) is 17.0 Å². The van der Waals surface area contributed by atoms with Crippen molar-refractivity contribution in [2.45, 2.75) is 77.9 Å². The maximum atomic E-state index is 13.8. The van der Waals surface area contributed by atoms with Crippen LogP contribution in [0, 0.1) is 6.92 Å². The lowest BCUT2D eigenvalue weighted by Gasteiger charge is -2.33. The number of anilines is 1. The average Bonchev–Trinajstić information content (AvgIpc) is 3.36. The van der Waals surface area contributed by atoms with Crippen molar-refractivity contribution in [1.82, 2.24) is 10.2 Å². The zero-order valence-electron chi connectivity index (χ0n) is 21.9. The van der Waals surface area contributed by atoms with Gasteiger partial charge in [-0.2, -0.15) is 0 Å². The molecule has 1 fully saturated rings. The van der Waals surface area contributed by atoms with Gasteiger partial charge >= 0.3 is 0 Å². The van der Waals surface area contributed by atoms with Crippen LogP contribution in [0.2, 0.25) is 0 Å². The minimum atomic E-state index is -3.73. The van der Waals surface area contributed by atoms with Crippen LogP contribution >= 0.6 is 0 Å². The Labute approximate surface area is 215 Å². The third-order valence-electron chi connectivity index (χ3n) is 7.00. The smallest absolute Gasteiger partial charge is 0.244 e. The second-order valence-electron chi connectivity index (χ2n) is 9.65. The maximum absolute atomic E-state index is 13.8. The lowest BCUT2D eigenvalue weighted by atomic mass is 10.1. The number of rotatable bonds is 11. The molecule has 1 atom stereocenters. The molecule has 1 aliphatic carbocycles. The van der Waals surface area contributed by atoms with Crippen LogP contribution in [-0.4, -0.2) is 50.0 Å². The van der Waals surface area contributed by atoms with Crippen LogP contribution in [0.4, 0.5) is 5.69 Å². The summed E-state index contributed by atoms with van der Waals surface area (Å²) in [5, 5.41) is 3.13. The van der Waals surface area contributed by atoms with Crippen molar-refractivity contribution in [2.75, 3.05) is 17.1 Å². The third kappa shape index (κ3) is 7.09. The molecule has 3 rings (SSSR count). The van der Waals surface area contributed by atoms with E-state index in [2.05, 4.69) is 5.32 Å². The van der Waals surface area contributed by atoms with E-state index in [9.17, 15) is 18.0 Å². The lowest BCUT2D eigenvalue weighted by Crippen LogP contribution is -2.53. The fourth-order valence-electron chi connectivity index (χ4n) is 4.77. The van der Waals surface area contributed by atoms with E-state index < -0.39 is 22.0 Å². The molecule has 2 amide bonds. The number of carbonyl (C=O) groups is 2. The second-order valence-corrected chi connectivity index (χ2v) is 11.6. The van der Waals surface area contributed by atoms with Gasteiger partial charge in [-0.25, -0.2) is 8.42 Å². The van der Waals surface area contributed by atoms with E-state index in [1.807, 2.05) is 57.2 Å². The normalized spacial score (nSPS) is 14.9. The van der Waals surface area contributed by atoms with Gasteiger partial charge < -0.3 is 10.2 Å². The Morgan fingerprint density at radius 1 is 1.03 bits per heavy atom. The van der Waals surface area contributed by atoms with Crippen molar-refractivity contribution in [2.24, 2.45) is 0 Å². The van der Waals surface area contributed by atoms with E-state index in [-0.39, 0.29) is 25.0 Å². The van der Waals surface area contributed by atoms with Crippen LogP contribution in [0.25, 0.3) is 0 Å². The molecular weight excluding hydrogens is 474 g/mol. The summed E-state index contributed by atoms with van der Waals surface area (Å²) in [5.41, 5.74) is 3.45. The lowest BCUT2D eigenvalue weighted by molar-refractivity contribution is -0.140. The number of hydrogen-bond acceptors (Lipinski definition) is 4. The van der Waals surface area contributed by atoms with Gasteiger partial charge in [0.05, 0.1) is 11.9 Å². The highest BCUT2D eigenvalue weighted by molar-refractivity contribution is 7.92. The third-order valence-corrected chi connectivity index (χ3v) is 8.14. The maximum Gasteiger partial charge on any atom is 0.244 e. The van der Waals surface area contributed by atoms with Crippen molar-refractivity contribution in [3.63, 3.8) is 0 Å². The summed E-state index contributed by atoms with van der Waals surface area (Å²) in [5.74, 6) is -0.582. The van der Waals surface area contributed by atoms with Gasteiger partial charge in [0, 0.05) is 12.6 Å². The number of aryl methyl sites for hydroxylation is 2. The monoisotopic (exact) mass is 513 g/mol. The molecule has 196 valence electrons. The highest BCUT2D eigenvalue weighted by Gasteiger charge is 2.33. The molecule has 1 unspecified atom stereocenters. The van der Waals surface area contributed by atoms with Crippen LogP contribution in [0.3, 0.4) is 0 Å². The molecule has 1 saturated carbocycles. The molecule has 0 saturated heterocycles. The van der Waals surface area contributed by atoms with E-state index >= 15 is 0 Å². The van der Waals surface area contributed by atoms with Gasteiger partial charge in [-0.15, -0.1) is 0 Å². The van der Waals surface area contributed by atoms with Crippen LogP contribution in [0.1, 0.15) is 62.6 Å². The van der Waals surface area contributed by atoms with E-state index in [4.69, 9.17) is 0 Å². The number of carbonyl (C=O) groups excluding carboxylic acids is 2. The molecule has 1 aliphatic rings. The Kier molecular flexibility index (Phi) is 9.54. The summed E-state index contributed by atoms with van der Waals surface area (Å²) in [7, 11) is -3.73. The standard InChI is InChI=1S/C28H39N3O4S/c1-5-22-15-17-25(18-16-22)31(36(4,34)35)20-27(32)30(19-23-12-8-7-11-21(23)3)26(6-2)28(33)29-24-13-9-10-14-24/h7-8,11-12,15-18,24,26H,5-6,9-10,13-14,19-20H2,1-4H3,(H,29,33). The molecular formula is C28H39N3O4S. The number of nitrogens with zero attached hydrogens (tertiary/aromatic N) is 2. The van der Waals surface area contributed by atoms with Crippen molar-refractivity contribution in [3.05, 3.63) is 65.2 Å². The first-order chi connectivity index (χ1) is 17.1. The second kappa shape index (κ2) is 12.4. The number of amides is 2. The SMILES string of the molecule is CCc1ccc(N(CC(=O)N(Cc2ccccc2C)C(CC)C(=O)NC2CCCC2)S(C)(=O)=O)cc1. The average molecular weight is 514 g/mol. The molecule has 8 heteroatoms. The van der Waals surface area contributed by atoms with E-state index in [0.29, 0.717) is 12.1 Å². The van der Waals surface area contributed by atoms with Crippen molar-refractivity contribution < 1.29 is 18.0 Å². The van der Waals surface area contributed by atoms with E-state index in [0.717, 1.165) is 59.4 Å². The molecule has 0 radical (unpaired) electrons. The van der Waals surface area contributed by atoms with Crippen molar-refractivity contribution in [3.8, 4) is 0 Å². The van der Waals surface area contributed by atoms with Crippen LogP contribution in [0.5, 0.6) is 0 Å². The molecule has 7 nitrogen and oxygen atoms in total. The summed E-state index contributed by atoms with van der Waals surface area (Å²) in [6.45, 7) is 5.74. The fourth-order valence-corrected chi connectivity index (χ4v) is 5.62. The van der Waals surface area contributed by atoms with Gasteiger partial charge in [0.15, 0.2) is 0 Å². The predicted molar refractivity (Wildman–Crippen MR) is 144 cm³/mol. The Bertz CT molecular complexity index is 1140. The number of benzene rings is 2. The van der Waals surface area contributed by atoms with Crippen LogP contribution < -0.4 is 9.62 Å². The van der Waals surface area contributed by atoms with Gasteiger partial charge in [-0.1, -0.05) is 63.1 Å². The highest BCUT2D eigenvalue weighted by atomic mass is 32.2. The zero-order valence-corrected chi connectivity index (χ0v) is 22.7. The van der Waals surface area contributed by atoms with Gasteiger partial charge in [-0.05, 0) is 61.4 Å². The quantitative estimate of drug-likeness (QED) is 0.488. The first kappa shape index (κ1) is 27.7.